The van der Waals surface area contributed by atoms with Crippen molar-refractivity contribution >= 4 is 10.0 Å². The van der Waals surface area contributed by atoms with Gasteiger partial charge in [0.05, 0.1) is 17.1 Å². The van der Waals surface area contributed by atoms with Gasteiger partial charge in [-0.25, -0.2) is 13.1 Å². The monoisotopic (exact) mass is 283 g/mol. The van der Waals surface area contributed by atoms with Gasteiger partial charge in [-0.2, -0.15) is 13.2 Å². The van der Waals surface area contributed by atoms with E-state index in [2.05, 4.69) is 0 Å². The summed E-state index contributed by atoms with van der Waals surface area (Å²) in [5, 5.41) is 8.73. The Hall–Kier alpha value is -1.12. The van der Waals surface area contributed by atoms with Gasteiger partial charge in [0.15, 0.2) is 0 Å². The molecule has 0 aliphatic heterocycles. The molecule has 0 heterocycles. The highest BCUT2D eigenvalue weighted by Crippen LogP contribution is 2.33. The summed E-state index contributed by atoms with van der Waals surface area (Å²) < 4.78 is 63.4. The predicted octanol–water partition coefficient (Wildman–Crippen LogP) is 1.36. The number of sulfonamides is 1. The fraction of sp³-hybridized carbons (Fsp3) is 0.400. The Labute approximate surface area is 102 Å². The third-order valence-corrected chi connectivity index (χ3v) is 3.76. The van der Waals surface area contributed by atoms with Gasteiger partial charge in [-0.15, -0.1) is 0 Å². The molecule has 0 aromatic heterocycles. The normalized spacial score (nSPS) is 14.5. The Kier molecular flexibility index (Phi) is 4.36. The maximum absolute atomic E-state index is 12.7. The molecule has 1 atom stereocenters. The molecule has 0 fully saturated rings. The minimum absolute atomic E-state index is 0.507. The van der Waals surface area contributed by atoms with E-state index in [0.717, 1.165) is 12.1 Å². The summed E-state index contributed by atoms with van der Waals surface area (Å²) in [5.74, 6) is 0. The second kappa shape index (κ2) is 5.25. The van der Waals surface area contributed by atoms with Crippen molar-refractivity contribution in [2.45, 2.75) is 24.0 Å². The van der Waals surface area contributed by atoms with E-state index in [1.807, 2.05) is 4.72 Å². The number of benzene rings is 1. The fourth-order valence-electron chi connectivity index (χ4n) is 1.30. The first kappa shape index (κ1) is 14.9. The highest BCUT2D eigenvalue weighted by atomic mass is 32.2. The zero-order chi connectivity index (χ0) is 14.0. The van der Waals surface area contributed by atoms with E-state index in [4.69, 9.17) is 5.11 Å². The molecule has 0 bridgehead atoms. The molecular weight excluding hydrogens is 271 g/mol. The first-order chi connectivity index (χ1) is 8.18. The fourth-order valence-corrected chi connectivity index (χ4v) is 2.76. The lowest BCUT2D eigenvalue weighted by molar-refractivity contribution is -0.139. The van der Waals surface area contributed by atoms with Gasteiger partial charge >= 0.3 is 6.18 Å². The minimum Gasteiger partial charge on any atom is -0.395 e. The van der Waals surface area contributed by atoms with Crippen molar-refractivity contribution in [3.05, 3.63) is 29.8 Å². The number of aliphatic hydroxyl groups excluding tert-OH is 1. The molecule has 2 N–H and O–H groups in total. The van der Waals surface area contributed by atoms with Crippen LogP contribution < -0.4 is 4.72 Å². The molecule has 1 rings (SSSR count). The second-order valence-electron chi connectivity index (χ2n) is 3.70. The van der Waals surface area contributed by atoms with E-state index in [-0.39, 0.29) is 0 Å². The van der Waals surface area contributed by atoms with E-state index in [1.54, 1.807) is 0 Å². The molecule has 0 aliphatic rings. The molecular formula is C10H12F3NO3S. The topological polar surface area (TPSA) is 66.4 Å². The smallest absolute Gasteiger partial charge is 0.395 e. The lowest BCUT2D eigenvalue weighted by Crippen LogP contribution is -2.36. The molecule has 0 radical (unpaired) electrons. The van der Waals surface area contributed by atoms with Crippen LogP contribution in [0.1, 0.15) is 12.5 Å². The zero-order valence-electron chi connectivity index (χ0n) is 9.40. The maximum Gasteiger partial charge on any atom is 0.417 e. The molecule has 102 valence electrons. The third kappa shape index (κ3) is 3.44. The average Bonchev–Trinajstić information content (AvgIpc) is 2.27. The molecule has 8 heteroatoms. The van der Waals surface area contributed by atoms with Crippen LogP contribution in [0.4, 0.5) is 13.2 Å². The highest BCUT2D eigenvalue weighted by Gasteiger charge is 2.37. The van der Waals surface area contributed by atoms with E-state index in [0.29, 0.717) is 6.07 Å². The third-order valence-electron chi connectivity index (χ3n) is 2.11. The van der Waals surface area contributed by atoms with Crippen molar-refractivity contribution in [1.82, 2.24) is 4.72 Å². The second-order valence-corrected chi connectivity index (χ2v) is 5.38. The first-order valence-corrected chi connectivity index (χ1v) is 6.46. The summed E-state index contributed by atoms with van der Waals surface area (Å²) in [6.45, 7) is 0.834. The Morgan fingerprint density at radius 2 is 1.89 bits per heavy atom. The van der Waals surface area contributed by atoms with Gasteiger partial charge < -0.3 is 5.11 Å². The van der Waals surface area contributed by atoms with Crippen LogP contribution in [0.5, 0.6) is 0 Å². The molecule has 1 aromatic rings. The lowest BCUT2D eigenvalue weighted by atomic mass is 10.2. The van der Waals surface area contributed by atoms with Crippen molar-refractivity contribution in [3.8, 4) is 0 Å². The Morgan fingerprint density at radius 3 is 2.39 bits per heavy atom. The summed E-state index contributed by atoms with van der Waals surface area (Å²) in [4.78, 5) is -0.849. The minimum atomic E-state index is -4.76. The molecule has 0 amide bonds. The molecule has 4 nitrogen and oxygen atoms in total. The number of rotatable bonds is 4. The number of aliphatic hydroxyl groups is 1. The van der Waals surface area contributed by atoms with Gasteiger partial charge in [0.25, 0.3) is 0 Å². The van der Waals surface area contributed by atoms with Crippen LogP contribution >= 0.6 is 0 Å². The first-order valence-electron chi connectivity index (χ1n) is 4.98. The highest BCUT2D eigenvalue weighted by molar-refractivity contribution is 7.89. The van der Waals surface area contributed by atoms with Crippen molar-refractivity contribution < 1.29 is 26.7 Å². The van der Waals surface area contributed by atoms with Gasteiger partial charge in [0, 0.05) is 6.04 Å². The summed E-state index contributed by atoms with van der Waals surface area (Å²) in [6, 6.07) is 3.01. The quantitative estimate of drug-likeness (QED) is 0.877. The van der Waals surface area contributed by atoms with Crippen LogP contribution in [0.2, 0.25) is 0 Å². The van der Waals surface area contributed by atoms with Gasteiger partial charge in [0.2, 0.25) is 10.0 Å². The van der Waals surface area contributed by atoms with Crippen molar-refractivity contribution in [2.75, 3.05) is 6.61 Å². The van der Waals surface area contributed by atoms with E-state index < -0.39 is 39.3 Å². The van der Waals surface area contributed by atoms with E-state index >= 15 is 0 Å². The van der Waals surface area contributed by atoms with Crippen LogP contribution in [-0.2, 0) is 16.2 Å². The van der Waals surface area contributed by atoms with Crippen molar-refractivity contribution in [2.24, 2.45) is 0 Å². The molecule has 18 heavy (non-hydrogen) atoms. The molecule has 0 aliphatic carbocycles. The van der Waals surface area contributed by atoms with E-state index in [1.165, 1.54) is 13.0 Å². The summed E-state index contributed by atoms with van der Waals surface area (Å²) in [5.41, 5.74) is -1.23. The Balaban J connectivity index is 3.25. The maximum atomic E-state index is 12.7. The van der Waals surface area contributed by atoms with Crippen molar-refractivity contribution in [1.29, 1.82) is 0 Å². The SMILES string of the molecule is C[C@H](CO)NS(=O)(=O)c1ccccc1C(F)(F)F. The Bertz CT molecular complexity index is 513. The van der Waals surface area contributed by atoms with Crippen LogP contribution in [0, 0.1) is 0 Å². The Morgan fingerprint density at radius 1 is 1.33 bits per heavy atom. The van der Waals surface area contributed by atoms with Crippen LogP contribution in [0.25, 0.3) is 0 Å². The molecule has 0 saturated carbocycles. The van der Waals surface area contributed by atoms with Gasteiger partial charge in [-0.05, 0) is 19.1 Å². The van der Waals surface area contributed by atoms with Crippen LogP contribution in [0.3, 0.4) is 0 Å². The van der Waals surface area contributed by atoms with Gasteiger partial charge in [0.1, 0.15) is 0 Å². The zero-order valence-corrected chi connectivity index (χ0v) is 10.2. The van der Waals surface area contributed by atoms with Gasteiger partial charge in [-0.1, -0.05) is 12.1 Å². The number of nitrogens with one attached hydrogen (secondary N) is 1. The molecule has 0 saturated heterocycles. The largest absolute Gasteiger partial charge is 0.417 e. The predicted molar refractivity (Wildman–Crippen MR) is 58.3 cm³/mol. The molecule has 0 unspecified atom stereocenters. The number of halogens is 3. The number of hydrogen-bond acceptors (Lipinski definition) is 3. The van der Waals surface area contributed by atoms with Gasteiger partial charge in [-0.3, -0.25) is 0 Å². The summed E-state index contributed by atoms with van der Waals surface area (Å²) in [6.07, 6.45) is -4.76. The standard InChI is InChI=1S/C10H12F3NO3S/c1-7(6-15)14-18(16,17)9-5-3-2-4-8(9)10(11,12)13/h2-5,7,14-15H,6H2,1H3/t7-/m1/s1. The average molecular weight is 283 g/mol. The number of hydrogen-bond donors (Lipinski definition) is 2. The summed E-state index contributed by atoms with van der Waals surface area (Å²) >= 11 is 0. The van der Waals surface area contributed by atoms with Crippen LogP contribution in [0.15, 0.2) is 29.2 Å². The lowest BCUT2D eigenvalue weighted by Gasteiger charge is -2.15. The summed E-state index contributed by atoms with van der Waals surface area (Å²) in [7, 11) is -4.32. The number of alkyl halides is 3. The van der Waals surface area contributed by atoms with Crippen LogP contribution in [-0.4, -0.2) is 26.2 Å². The van der Waals surface area contributed by atoms with E-state index in [9.17, 15) is 21.6 Å². The van der Waals surface area contributed by atoms with Crippen molar-refractivity contribution in [3.63, 3.8) is 0 Å². The molecule has 1 aromatic carbocycles. The molecule has 0 spiro atoms.